The maximum atomic E-state index is 12.7. The fraction of sp³-hybridized carbons (Fsp3) is 0.353. The summed E-state index contributed by atoms with van der Waals surface area (Å²) in [5.41, 5.74) is 0.269. The Hall–Kier alpha value is -2.39. The minimum absolute atomic E-state index is 0.161. The van der Waals surface area contributed by atoms with Crippen LogP contribution in [0.3, 0.4) is 0 Å². The molecular weight excluding hydrogens is 392 g/mol. The molecule has 3 rings (SSSR count). The highest BCUT2D eigenvalue weighted by Gasteiger charge is 2.20. The van der Waals surface area contributed by atoms with Crippen molar-refractivity contribution in [2.75, 3.05) is 6.56 Å². The summed E-state index contributed by atoms with van der Waals surface area (Å²) in [7, 11) is 2.80. The van der Waals surface area contributed by atoms with Crippen LogP contribution in [-0.2, 0) is 22.5 Å². The van der Waals surface area contributed by atoms with Crippen molar-refractivity contribution in [2.24, 2.45) is 7.05 Å². The maximum Gasteiger partial charge on any atom is 0.277 e. The SMILES string of the molecule is [2H]C([2H])([2H])C([2H])([2H])Oc1ccc(S(=O)(=O)Cl)cc1-c1nc2c(CCC)nn(C)c2c(=O)[nH]1. The van der Waals surface area contributed by atoms with Crippen LogP contribution < -0.4 is 10.3 Å². The predicted octanol–water partition coefficient (Wildman–Crippen LogP) is 2.60. The Morgan fingerprint density at radius 3 is 2.89 bits per heavy atom. The maximum absolute atomic E-state index is 12.7. The zero-order valence-corrected chi connectivity index (χ0v) is 16.0. The number of benzene rings is 1. The van der Waals surface area contributed by atoms with Crippen LogP contribution in [0, 0.1) is 0 Å². The second kappa shape index (κ2) is 7.32. The summed E-state index contributed by atoms with van der Waals surface area (Å²) in [6.45, 7) is -4.34. The van der Waals surface area contributed by atoms with Gasteiger partial charge < -0.3 is 9.72 Å². The van der Waals surface area contributed by atoms with E-state index in [9.17, 15) is 13.2 Å². The first-order valence-electron chi connectivity index (χ1n) is 10.4. The van der Waals surface area contributed by atoms with Crippen LogP contribution in [-0.4, -0.2) is 34.7 Å². The number of aromatic amines is 1. The van der Waals surface area contributed by atoms with E-state index >= 15 is 0 Å². The molecule has 0 aliphatic heterocycles. The van der Waals surface area contributed by atoms with E-state index in [0.717, 1.165) is 24.6 Å². The molecule has 1 N–H and O–H groups in total. The van der Waals surface area contributed by atoms with Crippen LogP contribution in [0.15, 0.2) is 27.9 Å². The minimum atomic E-state index is -4.21. The first-order valence-corrected chi connectivity index (χ1v) is 10.2. The first-order chi connectivity index (χ1) is 14.7. The topological polar surface area (TPSA) is 107 Å². The number of nitrogens with one attached hydrogen (secondary N) is 1. The van der Waals surface area contributed by atoms with Gasteiger partial charge in [-0.15, -0.1) is 0 Å². The molecule has 0 bridgehead atoms. The Labute approximate surface area is 167 Å². The van der Waals surface area contributed by atoms with E-state index in [0.29, 0.717) is 12.1 Å². The Balaban J connectivity index is 2.30. The molecule has 0 atom stereocenters. The van der Waals surface area contributed by atoms with Crippen molar-refractivity contribution in [1.82, 2.24) is 19.7 Å². The van der Waals surface area contributed by atoms with Crippen molar-refractivity contribution in [3.63, 3.8) is 0 Å². The summed E-state index contributed by atoms with van der Waals surface area (Å²) in [4.78, 5) is 19.3. The molecule has 0 fully saturated rings. The van der Waals surface area contributed by atoms with Gasteiger partial charge in [-0.2, -0.15) is 5.10 Å². The fourth-order valence-corrected chi connectivity index (χ4v) is 3.55. The highest BCUT2D eigenvalue weighted by Crippen LogP contribution is 2.32. The van der Waals surface area contributed by atoms with Gasteiger partial charge in [-0.25, -0.2) is 13.4 Å². The van der Waals surface area contributed by atoms with Gasteiger partial charge in [0.2, 0.25) is 0 Å². The van der Waals surface area contributed by atoms with Crippen molar-refractivity contribution in [3.05, 3.63) is 34.2 Å². The number of fused-ring (bicyclic) bond motifs is 1. The normalized spacial score (nSPS) is 15.6. The molecule has 0 saturated heterocycles. The lowest BCUT2D eigenvalue weighted by atomic mass is 10.1. The second-order valence-corrected chi connectivity index (χ2v) is 8.30. The molecule has 2 aromatic heterocycles. The highest BCUT2D eigenvalue weighted by molar-refractivity contribution is 8.13. The molecule has 0 spiro atoms. The van der Waals surface area contributed by atoms with Crippen LogP contribution >= 0.6 is 10.7 Å². The molecular formula is C17H19ClN4O4S. The van der Waals surface area contributed by atoms with E-state index < -0.39 is 28.0 Å². The van der Waals surface area contributed by atoms with E-state index in [4.69, 9.17) is 22.3 Å². The van der Waals surface area contributed by atoms with Crippen molar-refractivity contribution in [3.8, 4) is 17.1 Å². The number of ether oxygens (including phenoxy) is 1. The molecule has 3 aromatic rings. The third kappa shape index (κ3) is 3.70. The van der Waals surface area contributed by atoms with Gasteiger partial charge in [-0.3, -0.25) is 9.48 Å². The number of rotatable bonds is 6. The Kier molecular flexibility index (Phi) is 3.72. The lowest BCUT2D eigenvalue weighted by Gasteiger charge is -2.11. The molecule has 0 aliphatic carbocycles. The Morgan fingerprint density at radius 2 is 2.22 bits per heavy atom. The first kappa shape index (κ1) is 13.7. The van der Waals surface area contributed by atoms with Crippen molar-refractivity contribution in [1.29, 1.82) is 0 Å². The van der Waals surface area contributed by atoms with E-state index in [2.05, 4.69) is 15.1 Å². The summed E-state index contributed by atoms with van der Waals surface area (Å²) >= 11 is 0. The van der Waals surface area contributed by atoms with Crippen LogP contribution in [0.4, 0.5) is 0 Å². The number of hydrogen-bond acceptors (Lipinski definition) is 6. The smallest absolute Gasteiger partial charge is 0.277 e. The Morgan fingerprint density at radius 1 is 1.44 bits per heavy atom. The second-order valence-electron chi connectivity index (χ2n) is 5.73. The number of halogens is 1. The van der Waals surface area contributed by atoms with E-state index in [1.54, 1.807) is 7.05 Å². The van der Waals surface area contributed by atoms with Crippen LogP contribution in [0.25, 0.3) is 22.4 Å². The molecule has 8 nitrogen and oxygen atoms in total. The number of aromatic nitrogens is 4. The molecule has 27 heavy (non-hydrogen) atoms. The van der Waals surface area contributed by atoms with E-state index in [1.807, 2.05) is 6.92 Å². The quantitative estimate of drug-likeness (QED) is 0.620. The third-order valence-corrected chi connectivity index (χ3v) is 5.25. The van der Waals surface area contributed by atoms with Gasteiger partial charge in [-0.1, -0.05) is 13.3 Å². The monoisotopic (exact) mass is 415 g/mol. The molecule has 1 aromatic carbocycles. The van der Waals surface area contributed by atoms with Crippen molar-refractivity contribution >= 4 is 30.8 Å². The van der Waals surface area contributed by atoms with Gasteiger partial charge in [-0.05, 0) is 31.5 Å². The lowest BCUT2D eigenvalue weighted by molar-refractivity contribution is 0.341. The highest BCUT2D eigenvalue weighted by atomic mass is 35.7. The number of H-pyrrole nitrogens is 1. The molecule has 0 aliphatic rings. The molecule has 10 heteroatoms. The van der Waals surface area contributed by atoms with Crippen LogP contribution in [0.2, 0.25) is 0 Å². The number of aryl methyl sites for hydroxylation is 2. The zero-order valence-electron chi connectivity index (χ0n) is 19.4. The van der Waals surface area contributed by atoms with E-state index in [1.165, 1.54) is 4.68 Å². The van der Waals surface area contributed by atoms with Gasteiger partial charge in [0.25, 0.3) is 14.6 Å². The van der Waals surface area contributed by atoms with Gasteiger partial charge in [0.15, 0.2) is 5.52 Å². The van der Waals surface area contributed by atoms with Crippen molar-refractivity contribution < 1.29 is 20.0 Å². The summed E-state index contributed by atoms with van der Waals surface area (Å²) in [6, 6.07) is 3.10. The third-order valence-electron chi connectivity index (χ3n) is 3.90. The summed E-state index contributed by atoms with van der Waals surface area (Å²) in [5, 5.41) is 4.30. The molecule has 0 saturated carbocycles. The van der Waals surface area contributed by atoms with Gasteiger partial charge in [0.1, 0.15) is 17.1 Å². The largest absolute Gasteiger partial charge is 0.493 e. The van der Waals surface area contributed by atoms with Crippen molar-refractivity contribution in [2.45, 2.75) is 31.5 Å². The average molecular weight is 416 g/mol. The molecule has 2 heterocycles. The van der Waals surface area contributed by atoms with Gasteiger partial charge in [0.05, 0.1) is 25.5 Å². The fourth-order valence-electron chi connectivity index (χ4n) is 2.77. The molecule has 0 unspecified atom stereocenters. The summed E-state index contributed by atoms with van der Waals surface area (Å²) in [5.74, 6) is -0.509. The van der Waals surface area contributed by atoms with Crippen LogP contribution in [0.5, 0.6) is 5.75 Å². The van der Waals surface area contributed by atoms with Gasteiger partial charge in [0, 0.05) is 21.8 Å². The van der Waals surface area contributed by atoms with Gasteiger partial charge >= 0.3 is 0 Å². The summed E-state index contributed by atoms with van der Waals surface area (Å²) < 4.78 is 67.7. The molecule has 0 amide bonds. The number of nitrogens with zero attached hydrogens (tertiary/aromatic N) is 3. The molecule has 144 valence electrons. The van der Waals surface area contributed by atoms with Crippen LogP contribution in [0.1, 0.15) is 32.7 Å². The Bertz CT molecular complexity index is 1350. The standard InChI is InChI=1S/C17H19ClN4O4S/c1-4-6-12-14-15(22(3)21-12)17(23)20-16(19-14)11-9-10(27(18,24)25)7-8-13(11)26-5-2/h7-9H,4-6H2,1-3H3,(H,19,20,23)/i2D3,5D2. The van der Waals surface area contributed by atoms with E-state index in [-0.39, 0.29) is 33.1 Å². The minimum Gasteiger partial charge on any atom is -0.493 e. The average Bonchev–Trinajstić information content (AvgIpc) is 2.96. The summed E-state index contributed by atoms with van der Waals surface area (Å²) in [6.07, 6.45) is 1.25. The molecule has 0 radical (unpaired) electrons. The number of hydrogen-bond donors (Lipinski definition) is 1. The lowest BCUT2D eigenvalue weighted by Crippen LogP contribution is -2.13. The predicted molar refractivity (Wildman–Crippen MR) is 103 cm³/mol. The zero-order chi connectivity index (χ0) is 24.1.